The Morgan fingerprint density at radius 1 is 0.387 bits per heavy atom. The number of rotatable bonds is 74. The molecule has 1 amide bonds. The number of likely N-dealkylation sites (N-methyl/N-ethyl adjacent to an activating group) is 1. The molecule has 0 bridgehead atoms. The fourth-order valence-corrected chi connectivity index (χ4v) is 12.8. The van der Waals surface area contributed by atoms with E-state index in [2.05, 4.69) is 92.9 Å². The van der Waals surface area contributed by atoms with Crippen molar-refractivity contribution < 1.29 is 37.3 Å². The van der Waals surface area contributed by atoms with E-state index in [9.17, 15) is 19.0 Å². The highest BCUT2D eigenvalue weighted by Crippen LogP contribution is 2.43. The van der Waals surface area contributed by atoms with Gasteiger partial charge in [0, 0.05) is 12.8 Å². The van der Waals surface area contributed by atoms with E-state index in [1.807, 2.05) is 27.2 Å². The van der Waals surface area contributed by atoms with Crippen LogP contribution in [0.25, 0.3) is 0 Å². The molecule has 0 aliphatic carbocycles. The van der Waals surface area contributed by atoms with Gasteiger partial charge in [-0.05, 0) is 76.7 Å². The number of ether oxygens (including phenoxy) is 1. The molecule has 544 valence electrons. The Balaban J connectivity index is 4.94. The monoisotopic (exact) mass is 1320 g/mol. The predicted octanol–water partition coefficient (Wildman–Crippen LogP) is 26.2. The van der Waals surface area contributed by atoms with Crippen molar-refractivity contribution in [1.29, 1.82) is 0 Å². The third-order valence-corrected chi connectivity index (χ3v) is 19.1. The van der Waals surface area contributed by atoms with Gasteiger partial charge < -0.3 is 19.4 Å². The van der Waals surface area contributed by atoms with E-state index in [1.165, 1.54) is 270 Å². The number of carbonyl (C=O) groups excluding carboxylic acids is 2. The molecule has 0 spiro atoms. The number of unbranched alkanes of at least 4 members (excludes halogenated alkanes) is 48. The van der Waals surface area contributed by atoms with Crippen LogP contribution in [0.1, 0.15) is 393 Å². The largest absolute Gasteiger partial charge is 0.472 e. The first-order chi connectivity index (χ1) is 45.4. The van der Waals surface area contributed by atoms with Gasteiger partial charge in [-0.15, -0.1) is 0 Å². The molecule has 3 atom stereocenters. The van der Waals surface area contributed by atoms with Gasteiger partial charge >= 0.3 is 13.8 Å². The van der Waals surface area contributed by atoms with Crippen LogP contribution >= 0.6 is 7.82 Å². The Hall–Kier alpha value is -2.55. The number of nitrogens with one attached hydrogen (secondary N) is 1. The topological polar surface area (TPSA) is 111 Å². The third kappa shape index (κ3) is 73.5. The number of phosphoric acid groups is 1. The Morgan fingerprint density at radius 3 is 1.03 bits per heavy atom. The van der Waals surface area contributed by atoms with Crippen molar-refractivity contribution in [3.05, 3.63) is 72.9 Å². The SMILES string of the molecule is CC/C=C\C/C=C\C/C=C\C/C=C\C/C=C\CCCCCCCCCCCCCC(=O)NC(COP(=O)(O)OCC[N+](C)(C)C)C(/C=C/CCCCCCCCCCCCC)OC(=O)CCCCCCCCCCCCCCCCCCCCCCCCCCCCC. The van der Waals surface area contributed by atoms with Gasteiger partial charge in [0.25, 0.3) is 0 Å². The van der Waals surface area contributed by atoms with E-state index < -0.39 is 20.0 Å². The molecular weight excluding hydrogens is 1170 g/mol. The summed E-state index contributed by atoms with van der Waals surface area (Å²) in [6.45, 7) is 6.96. The quantitative estimate of drug-likeness (QED) is 0.0205. The van der Waals surface area contributed by atoms with Crippen LogP contribution in [0, 0.1) is 0 Å². The lowest BCUT2D eigenvalue weighted by molar-refractivity contribution is -0.870. The number of carbonyl (C=O) groups is 2. The zero-order valence-electron chi connectivity index (χ0n) is 62.5. The second kappa shape index (κ2) is 72.2. The maximum absolute atomic E-state index is 13.7. The minimum atomic E-state index is -4.46. The molecule has 9 nitrogen and oxygen atoms in total. The Kier molecular flexibility index (Phi) is 70.2. The lowest BCUT2D eigenvalue weighted by Crippen LogP contribution is -2.47. The van der Waals surface area contributed by atoms with Gasteiger partial charge in [-0.2, -0.15) is 0 Å². The summed E-state index contributed by atoms with van der Waals surface area (Å²) >= 11 is 0. The molecular formula is C83H156N2O7P+. The van der Waals surface area contributed by atoms with E-state index in [-0.39, 0.29) is 25.1 Å². The normalized spacial score (nSPS) is 13.8. The first-order valence-corrected chi connectivity index (χ1v) is 41.8. The number of hydrogen-bond donors (Lipinski definition) is 2. The molecule has 0 aliphatic heterocycles. The van der Waals surface area contributed by atoms with Crippen molar-refractivity contribution in [2.75, 3.05) is 40.9 Å². The van der Waals surface area contributed by atoms with Crippen molar-refractivity contribution in [2.45, 2.75) is 405 Å². The summed E-state index contributed by atoms with van der Waals surface area (Å²) in [5, 5.41) is 3.09. The summed E-state index contributed by atoms with van der Waals surface area (Å²) < 4.78 is 31.0. The van der Waals surface area contributed by atoms with Gasteiger partial charge in [0.2, 0.25) is 5.91 Å². The molecule has 0 fully saturated rings. The molecule has 0 aliphatic rings. The molecule has 3 unspecified atom stereocenters. The van der Waals surface area contributed by atoms with Crippen LogP contribution in [0.3, 0.4) is 0 Å². The zero-order chi connectivity index (χ0) is 67.8. The first-order valence-electron chi connectivity index (χ1n) is 40.3. The summed E-state index contributed by atoms with van der Waals surface area (Å²) in [5.74, 6) is -0.490. The number of hydrogen-bond acceptors (Lipinski definition) is 6. The van der Waals surface area contributed by atoms with Crippen molar-refractivity contribution in [1.82, 2.24) is 5.32 Å². The summed E-state index contributed by atoms with van der Waals surface area (Å²) in [6, 6.07) is -0.852. The smallest absolute Gasteiger partial charge is 0.456 e. The molecule has 0 radical (unpaired) electrons. The van der Waals surface area contributed by atoms with E-state index in [1.54, 1.807) is 0 Å². The van der Waals surface area contributed by atoms with Crippen molar-refractivity contribution >= 4 is 19.7 Å². The van der Waals surface area contributed by atoms with Crippen molar-refractivity contribution in [3.63, 3.8) is 0 Å². The highest BCUT2D eigenvalue weighted by atomic mass is 31.2. The van der Waals surface area contributed by atoms with Gasteiger partial charge in [0.15, 0.2) is 0 Å². The Labute approximate surface area is 578 Å². The lowest BCUT2D eigenvalue weighted by atomic mass is 10.0. The number of esters is 1. The molecule has 0 aromatic rings. The van der Waals surface area contributed by atoms with Crippen LogP contribution in [0.5, 0.6) is 0 Å². The van der Waals surface area contributed by atoms with Crippen LogP contribution in [-0.4, -0.2) is 74.3 Å². The van der Waals surface area contributed by atoms with Gasteiger partial charge in [-0.3, -0.25) is 18.6 Å². The van der Waals surface area contributed by atoms with Crippen LogP contribution in [0.4, 0.5) is 0 Å². The molecule has 0 aromatic heterocycles. The highest BCUT2D eigenvalue weighted by Gasteiger charge is 2.30. The highest BCUT2D eigenvalue weighted by molar-refractivity contribution is 7.47. The summed E-state index contributed by atoms with van der Waals surface area (Å²) in [4.78, 5) is 38.1. The van der Waals surface area contributed by atoms with E-state index in [0.717, 1.165) is 89.9 Å². The van der Waals surface area contributed by atoms with Gasteiger partial charge in [0.1, 0.15) is 19.3 Å². The van der Waals surface area contributed by atoms with Crippen LogP contribution in [0.2, 0.25) is 0 Å². The molecule has 0 rings (SSSR count). The van der Waals surface area contributed by atoms with Crippen molar-refractivity contribution in [3.8, 4) is 0 Å². The fraction of sp³-hybridized carbons (Fsp3) is 0.831. The van der Waals surface area contributed by atoms with Gasteiger partial charge in [-0.25, -0.2) is 4.57 Å². The second-order valence-corrected chi connectivity index (χ2v) is 30.0. The number of phosphoric ester groups is 1. The average molecular weight is 1330 g/mol. The Bertz CT molecular complexity index is 1820. The molecule has 93 heavy (non-hydrogen) atoms. The lowest BCUT2D eigenvalue weighted by Gasteiger charge is -2.27. The summed E-state index contributed by atoms with van der Waals surface area (Å²) in [6.07, 6.45) is 96.6. The summed E-state index contributed by atoms with van der Waals surface area (Å²) in [5.41, 5.74) is 0. The fourth-order valence-electron chi connectivity index (χ4n) is 12.0. The molecule has 0 aromatic carbocycles. The molecule has 0 heterocycles. The number of allylic oxidation sites excluding steroid dienone is 11. The van der Waals surface area contributed by atoms with E-state index in [4.69, 9.17) is 13.8 Å². The summed E-state index contributed by atoms with van der Waals surface area (Å²) in [7, 11) is 1.51. The van der Waals surface area contributed by atoms with Crippen molar-refractivity contribution in [2.24, 2.45) is 0 Å². The molecule has 2 N–H and O–H groups in total. The minimum absolute atomic E-state index is 0.0399. The number of nitrogens with zero attached hydrogens (tertiary/aromatic N) is 1. The van der Waals surface area contributed by atoms with Gasteiger partial charge in [0.05, 0.1) is 33.8 Å². The maximum Gasteiger partial charge on any atom is 0.472 e. The standard InChI is InChI=1S/C83H155N2O7P/c1-7-10-13-16-19-22-25-28-30-32-34-36-38-40-42-44-46-48-50-52-54-57-60-63-66-69-72-75-82(86)84-80(79-91-93(88,89)90-78-77-85(4,5)6)81(74-71-68-65-62-59-56-27-24-21-18-15-12-9-3)92-83(87)76-73-70-67-64-61-58-55-53-51-49-47-45-43-41-39-37-35-33-31-29-26-23-20-17-14-11-8-2/h10,13,19,22,28,30,34,36,40,42,71,74,80-81H,7-9,11-12,14-18,20-21,23-27,29,31-33,35,37-39,41,43-70,72-73,75-79H2,1-6H3,(H-,84,86,88,89)/p+1/b13-10-,22-19-,30-28-,36-34-,42-40-,74-71+. The van der Waals surface area contributed by atoms with E-state index >= 15 is 0 Å². The predicted molar refractivity (Wildman–Crippen MR) is 406 cm³/mol. The maximum atomic E-state index is 13.7. The molecule has 0 saturated heterocycles. The van der Waals surface area contributed by atoms with Crippen LogP contribution < -0.4 is 5.32 Å². The van der Waals surface area contributed by atoms with E-state index in [0.29, 0.717) is 23.9 Å². The Morgan fingerprint density at radius 2 is 0.688 bits per heavy atom. The molecule has 10 heteroatoms. The average Bonchev–Trinajstić information content (AvgIpc) is 2.31. The molecule has 0 saturated carbocycles. The first kappa shape index (κ1) is 90.5. The second-order valence-electron chi connectivity index (χ2n) is 28.6. The van der Waals surface area contributed by atoms with Crippen LogP contribution in [-0.2, 0) is 27.9 Å². The third-order valence-electron chi connectivity index (χ3n) is 18.2. The minimum Gasteiger partial charge on any atom is -0.456 e. The van der Waals surface area contributed by atoms with Crippen LogP contribution in [0.15, 0.2) is 72.9 Å². The van der Waals surface area contributed by atoms with Gasteiger partial charge in [-0.1, -0.05) is 377 Å². The number of quaternary nitrogens is 1. The zero-order valence-corrected chi connectivity index (χ0v) is 63.4. The number of amides is 1.